The smallest absolute Gasteiger partial charge is 0.178 e. The summed E-state index contributed by atoms with van der Waals surface area (Å²) in [6, 6.07) is 7.61. The van der Waals surface area contributed by atoms with Crippen LogP contribution in [-0.2, 0) is 0 Å². The predicted octanol–water partition coefficient (Wildman–Crippen LogP) is 3.80. The van der Waals surface area contributed by atoms with Crippen LogP contribution in [-0.4, -0.2) is 35.1 Å². The summed E-state index contributed by atoms with van der Waals surface area (Å²) < 4.78 is 5.23. The lowest BCUT2D eigenvalue weighted by atomic mass is 10.1. The first-order chi connectivity index (χ1) is 14.8. The van der Waals surface area contributed by atoms with Crippen LogP contribution in [0.3, 0.4) is 0 Å². The Balaban J connectivity index is 1.52. The van der Waals surface area contributed by atoms with Crippen LogP contribution in [0.15, 0.2) is 66.0 Å². The van der Waals surface area contributed by atoms with E-state index in [1.165, 1.54) is 0 Å². The van der Waals surface area contributed by atoms with E-state index in [1.807, 2.05) is 24.3 Å². The van der Waals surface area contributed by atoms with Gasteiger partial charge in [0.05, 0.1) is 41.1 Å². The zero-order chi connectivity index (χ0) is 20.1. The molecule has 6 heterocycles. The van der Waals surface area contributed by atoms with Crippen molar-refractivity contribution in [3.8, 4) is 33.9 Å². The Hall–Kier alpha value is -4.53. The van der Waals surface area contributed by atoms with Crippen LogP contribution < -0.4 is 5.73 Å². The lowest BCUT2D eigenvalue weighted by Crippen LogP contribution is -1.90. The number of aromatic amines is 2. The quantitative estimate of drug-likeness (QED) is 0.415. The van der Waals surface area contributed by atoms with Crippen LogP contribution in [0, 0.1) is 0 Å². The van der Waals surface area contributed by atoms with E-state index in [1.54, 1.807) is 37.3 Å². The van der Waals surface area contributed by atoms with Crippen LogP contribution in [0.25, 0.3) is 56.0 Å². The highest BCUT2D eigenvalue weighted by molar-refractivity contribution is 5.96. The summed E-state index contributed by atoms with van der Waals surface area (Å²) in [7, 11) is 0. The number of fused-ring (bicyclic) bond motifs is 2. The number of anilines is 1. The second-order valence-corrected chi connectivity index (χ2v) is 6.85. The van der Waals surface area contributed by atoms with Crippen molar-refractivity contribution in [1.29, 1.82) is 0 Å². The number of imidazole rings is 1. The van der Waals surface area contributed by atoms with Crippen molar-refractivity contribution in [3.05, 3.63) is 61.6 Å². The number of nitrogen functional groups attached to an aromatic ring is 1. The summed E-state index contributed by atoms with van der Waals surface area (Å²) in [5.41, 5.74) is 12.8. The molecule has 144 valence electrons. The van der Waals surface area contributed by atoms with Crippen molar-refractivity contribution in [2.45, 2.75) is 0 Å². The lowest BCUT2D eigenvalue weighted by molar-refractivity contribution is 0.568. The molecule has 6 aromatic heterocycles. The molecule has 0 amide bonds. The number of hydrogen-bond acceptors (Lipinski definition) is 7. The molecule has 0 spiro atoms. The van der Waals surface area contributed by atoms with Crippen LogP contribution in [0.5, 0.6) is 0 Å². The topological polar surface area (TPSA) is 135 Å². The van der Waals surface area contributed by atoms with E-state index in [9.17, 15) is 0 Å². The molecule has 0 atom stereocenters. The molecule has 0 fully saturated rings. The van der Waals surface area contributed by atoms with Crippen molar-refractivity contribution >= 4 is 27.8 Å². The third-order valence-electron chi connectivity index (χ3n) is 4.95. The van der Waals surface area contributed by atoms with E-state index in [4.69, 9.17) is 10.2 Å². The SMILES string of the molecule is Nc1cncc(-c2cc3c(-c4nc5nccc(-c6ccoc6)c5[nH]4)n[nH]c3cn2)c1. The predicted molar refractivity (Wildman–Crippen MR) is 112 cm³/mol. The van der Waals surface area contributed by atoms with E-state index in [2.05, 4.69) is 35.1 Å². The van der Waals surface area contributed by atoms with E-state index < -0.39 is 0 Å². The normalized spacial score (nSPS) is 11.5. The molecule has 0 saturated heterocycles. The van der Waals surface area contributed by atoms with Gasteiger partial charge < -0.3 is 15.1 Å². The number of hydrogen-bond donors (Lipinski definition) is 3. The summed E-state index contributed by atoms with van der Waals surface area (Å²) in [4.78, 5) is 21.1. The molecule has 0 aromatic carbocycles. The van der Waals surface area contributed by atoms with Gasteiger partial charge in [-0.15, -0.1) is 0 Å². The minimum atomic E-state index is 0.581. The van der Waals surface area contributed by atoms with Crippen molar-refractivity contribution in [2.75, 3.05) is 5.73 Å². The second kappa shape index (κ2) is 6.24. The molecular formula is C21H14N8O. The summed E-state index contributed by atoms with van der Waals surface area (Å²) in [6.45, 7) is 0. The zero-order valence-electron chi connectivity index (χ0n) is 15.5. The van der Waals surface area contributed by atoms with Gasteiger partial charge in [-0.1, -0.05) is 0 Å². The summed E-state index contributed by atoms with van der Waals surface area (Å²) in [6.07, 6.45) is 10.1. The van der Waals surface area contributed by atoms with Gasteiger partial charge in [-0.3, -0.25) is 15.1 Å². The van der Waals surface area contributed by atoms with Crippen LogP contribution in [0.1, 0.15) is 0 Å². The Labute approximate surface area is 169 Å². The maximum absolute atomic E-state index is 5.87. The fraction of sp³-hybridized carbons (Fsp3) is 0. The maximum Gasteiger partial charge on any atom is 0.178 e. The Morgan fingerprint density at radius 3 is 2.83 bits per heavy atom. The maximum atomic E-state index is 5.87. The van der Waals surface area contributed by atoms with E-state index in [-0.39, 0.29) is 0 Å². The Kier molecular flexibility index (Phi) is 3.42. The Morgan fingerprint density at radius 1 is 1.00 bits per heavy atom. The molecule has 30 heavy (non-hydrogen) atoms. The minimum absolute atomic E-state index is 0.581. The average Bonchev–Trinajstić information content (AvgIpc) is 3.51. The standard InChI is InChI=1S/C21H14N8O/c22-13-5-12(7-23-8-13)16-6-15-17(9-25-16)28-29-19(15)21-26-18-14(11-2-4-30-10-11)1-3-24-20(18)27-21/h1-10H,22H2,(H,28,29)(H,24,26,27). The van der Waals surface area contributed by atoms with Gasteiger partial charge in [0.2, 0.25) is 0 Å². The van der Waals surface area contributed by atoms with Gasteiger partial charge in [0.25, 0.3) is 0 Å². The first kappa shape index (κ1) is 16.4. The van der Waals surface area contributed by atoms with Gasteiger partial charge in [-0.2, -0.15) is 5.10 Å². The highest BCUT2D eigenvalue weighted by Crippen LogP contribution is 2.31. The molecule has 0 aliphatic carbocycles. The molecule has 0 bridgehead atoms. The monoisotopic (exact) mass is 394 g/mol. The van der Waals surface area contributed by atoms with E-state index >= 15 is 0 Å². The fourth-order valence-electron chi connectivity index (χ4n) is 3.53. The molecule has 0 unspecified atom stereocenters. The molecule has 0 radical (unpaired) electrons. The van der Waals surface area contributed by atoms with Gasteiger partial charge in [-0.25, -0.2) is 9.97 Å². The van der Waals surface area contributed by atoms with Crippen molar-refractivity contribution in [1.82, 2.24) is 35.1 Å². The zero-order valence-corrected chi connectivity index (χ0v) is 15.5. The number of rotatable bonds is 3. The third kappa shape index (κ3) is 2.53. The number of furan rings is 1. The highest BCUT2D eigenvalue weighted by Gasteiger charge is 2.17. The molecule has 6 rings (SSSR count). The first-order valence-corrected chi connectivity index (χ1v) is 9.19. The van der Waals surface area contributed by atoms with Gasteiger partial charge in [0.15, 0.2) is 11.5 Å². The molecule has 6 aromatic rings. The number of nitrogens with two attached hydrogens (primary N) is 1. The first-order valence-electron chi connectivity index (χ1n) is 9.19. The van der Waals surface area contributed by atoms with Gasteiger partial charge in [0.1, 0.15) is 5.69 Å². The molecule has 9 heteroatoms. The molecule has 9 nitrogen and oxygen atoms in total. The molecule has 0 saturated carbocycles. The Morgan fingerprint density at radius 2 is 1.97 bits per heavy atom. The number of H-pyrrole nitrogens is 2. The number of nitrogens with one attached hydrogen (secondary N) is 2. The largest absolute Gasteiger partial charge is 0.472 e. The van der Waals surface area contributed by atoms with Crippen LogP contribution >= 0.6 is 0 Å². The Bertz CT molecular complexity index is 1510. The number of pyridine rings is 3. The van der Waals surface area contributed by atoms with Gasteiger partial charge in [-0.05, 0) is 24.3 Å². The average molecular weight is 394 g/mol. The molecule has 4 N–H and O–H groups in total. The molecule has 0 aliphatic rings. The van der Waals surface area contributed by atoms with Crippen molar-refractivity contribution in [3.63, 3.8) is 0 Å². The van der Waals surface area contributed by atoms with Crippen LogP contribution in [0.4, 0.5) is 5.69 Å². The lowest BCUT2D eigenvalue weighted by Gasteiger charge is -2.02. The fourth-order valence-corrected chi connectivity index (χ4v) is 3.53. The van der Waals surface area contributed by atoms with Gasteiger partial charge >= 0.3 is 0 Å². The minimum Gasteiger partial charge on any atom is -0.472 e. The molecule has 0 aliphatic heterocycles. The number of aromatic nitrogens is 7. The van der Waals surface area contributed by atoms with E-state index in [0.717, 1.165) is 38.8 Å². The third-order valence-corrected chi connectivity index (χ3v) is 4.95. The van der Waals surface area contributed by atoms with Gasteiger partial charge in [0, 0.05) is 40.7 Å². The van der Waals surface area contributed by atoms with Crippen LogP contribution in [0.2, 0.25) is 0 Å². The summed E-state index contributed by atoms with van der Waals surface area (Å²) in [5.74, 6) is 0.613. The second-order valence-electron chi connectivity index (χ2n) is 6.85. The molecular weight excluding hydrogens is 380 g/mol. The van der Waals surface area contributed by atoms with Crippen molar-refractivity contribution < 1.29 is 4.42 Å². The highest BCUT2D eigenvalue weighted by atomic mass is 16.3. The van der Waals surface area contributed by atoms with E-state index in [0.29, 0.717) is 22.9 Å². The summed E-state index contributed by atoms with van der Waals surface area (Å²) in [5, 5.41) is 8.36. The van der Waals surface area contributed by atoms with Crippen molar-refractivity contribution in [2.24, 2.45) is 0 Å². The number of nitrogens with zero attached hydrogens (tertiary/aromatic N) is 5. The summed E-state index contributed by atoms with van der Waals surface area (Å²) >= 11 is 0.